The van der Waals surface area contributed by atoms with E-state index in [1.165, 1.54) is 0 Å². The van der Waals surface area contributed by atoms with Crippen LogP contribution in [0.25, 0.3) is 23.0 Å². The van der Waals surface area contributed by atoms with Gasteiger partial charge in [0.2, 0.25) is 0 Å². The van der Waals surface area contributed by atoms with E-state index in [1.807, 2.05) is 57.2 Å². The lowest BCUT2D eigenvalue weighted by Gasteiger charge is -2.09. The lowest BCUT2D eigenvalue weighted by Crippen LogP contribution is -2.41. The van der Waals surface area contributed by atoms with E-state index in [0.717, 1.165) is 11.1 Å². The molecule has 110 valence electrons. The van der Waals surface area contributed by atoms with Gasteiger partial charge in [0.1, 0.15) is 11.2 Å². The molecule has 0 atom stereocenters. The van der Waals surface area contributed by atoms with Crippen LogP contribution in [0.3, 0.4) is 0 Å². The van der Waals surface area contributed by atoms with Crippen molar-refractivity contribution in [1.82, 2.24) is 0 Å². The Bertz CT molecular complexity index is 809. The van der Waals surface area contributed by atoms with E-state index in [4.69, 9.17) is 4.42 Å². The van der Waals surface area contributed by atoms with Gasteiger partial charge in [-0.15, -0.1) is 0 Å². The molecule has 1 aromatic carbocycles. The van der Waals surface area contributed by atoms with E-state index in [0.29, 0.717) is 27.9 Å². The van der Waals surface area contributed by atoms with Crippen LogP contribution in [-0.4, -0.2) is 0 Å². The zero-order valence-electron chi connectivity index (χ0n) is 13.4. The van der Waals surface area contributed by atoms with Gasteiger partial charge >= 0.3 is 0 Å². The molecule has 1 heterocycles. The summed E-state index contributed by atoms with van der Waals surface area (Å²) < 4.78 is 6.15. The molecule has 21 heavy (non-hydrogen) atoms. The molecule has 2 nitrogen and oxygen atoms in total. The van der Waals surface area contributed by atoms with Gasteiger partial charge in [-0.05, 0) is 32.3 Å². The maximum absolute atomic E-state index is 12.6. The number of rotatable bonds is 2. The quantitative estimate of drug-likeness (QED) is 0.846. The molecule has 2 rings (SSSR count). The van der Waals surface area contributed by atoms with Crippen molar-refractivity contribution in [2.75, 3.05) is 0 Å². The molecule has 0 spiro atoms. The summed E-state index contributed by atoms with van der Waals surface area (Å²) in [6, 6.07) is 9.79. The second-order valence-electron chi connectivity index (χ2n) is 5.62. The van der Waals surface area contributed by atoms with Gasteiger partial charge < -0.3 is 4.42 Å². The normalized spacial score (nSPS) is 13.7. The van der Waals surface area contributed by atoms with Crippen LogP contribution >= 0.6 is 0 Å². The van der Waals surface area contributed by atoms with Crippen molar-refractivity contribution in [2.24, 2.45) is 5.92 Å². The first-order valence-corrected chi connectivity index (χ1v) is 7.33. The fourth-order valence-electron chi connectivity index (χ4n) is 2.32. The minimum atomic E-state index is 0.0533. The smallest absolute Gasteiger partial charge is 0.195 e. The lowest BCUT2D eigenvalue weighted by atomic mass is 10.0. The van der Waals surface area contributed by atoms with Gasteiger partial charge in [0.15, 0.2) is 5.43 Å². The summed E-state index contributed by atoms with van der Waals surface area (Å²) in [6.45, 7) is 9.95. The van der Waals surface area contributed by atoms with Crippen LogP contribution in [0.5, 0.6) is 0 Å². The third-order valence-corrected chi connectivity index (χ3v) is 3.92. The first-order valence-electron chi connectivity index (χ1n) is 7.33. The second-order valence-corrected chi connectivity index (χ2v) is 5.62. The number of hydrogen-bond donors (Lipinski definition) is 0. The van der Waals surface area contributed by atoms with E-state index in [9.17, 15) is 4.79 Å². The van der Waals surface area contributed by atoms with E-state index < -0.39 is 0 Å². The van der Waals surface area contributed by atoms with Crippen LogP contribution in [0.1, 0.15) is 33.3 Å². The van der Waals surface area contributed by atoms with Crippen LogP contribution in [0.15, 0.2) is 39.5 Å². The van der Waals surface area contributed by atoms with E-state index >= 15 is 0 Å². The van der Waals surface area contributed by atoms with Crippen LogP contribution in [0.2, 0.25) is 0 Å². The lowest BCUT2D eigenvalue weighted by molar-refractivity contribution is 0.510. The monoisotopic (exact) mass is 282 g/mol. The Morgan fingerprint density at radius 3 is 2.33 bits per heavy atom. The van der Waals surface area contributed by atoms with Crippen LogP contribution < -0.4 is 16.1 Å². The third kappa shape index (κ3) is 2.85. The van der Waals surface area contributed by atoms with Gasteiger partial charge in [0, 0.05) is 11.1 Å². The molecule has 0 saturated heterocycles. The van der Waals surface area contributed by atoms with Gasteiger partial charge in [0.05, 0.1) is 5.22 Å². The minimum Gasteiger partial charge on any atom is -0.456 e. The molecule has 0 saturated carbocycles. The Balaban J connectivity index is 2.97. The SMILES string of the molecule is C/C=c1/c(=O)c(C)c(-c2ccccc2)o/c1=C(/C)C(C)C. The molecule has 0 bridgehead atoms. The molecule has 1 aromatic heterocycles. The summed E-state index contributed by atoms with van der Waals surface area (Å²) in [7, 11) is 0. The Labute approximate surface area is 125 Å². The Kier molecular flexibility index (Phi) is 4.46. The molecule has 0 aliphatic heterocycles. The highest BCUT2D eigenvalue weighted by molar-refractivity contribution is 5.61. The molecule has 2 aromatic rings. The van der Waals surface area contributed by atoms with Gasteiger partial charge in [-0.25, -0.2) is 0 Å². The number of hydrogen-bond acceptors (Lipinski definition) is 2. The van der Waals surface area contributed by atoms with Crippen molar-refractivity contribution in [2.45, 2.75) is 34.6 Å². The van der Waals surface area contributed by atoms with Gasteiger partial charge in [-0.3, -0.25) is 4.79 Å². The Morgan fingerprint density at radius 1 is 1.19 bits per heavy atom. The zero-order valence-corrected chi connectivity index (χ0v) is 13.4. The summed E-state index contributed by atoms with van der Waals surface area (Å²) in [5, 5.41) is 0.665. The van der Waals surface area contributed by atoms with Crippen molar-refractivity contribution in [3.05, 3.63) is 56.8 Å². The van der Waals surface area contributed by atoms with Crippen LogP contribution in [0.4, 0.5) is 0 Å². The summed E-state index contributed by atoms with van der Waals surface area (Å²) in [4.78, 5) is 12.6. The van der Waals surface area contributed by atoms with Gasteiger partial charge in [-0.1, -0.05) is 50.3 Å². The minimum absolute atomic E-state index is 0.0533. The fourth-order valence-corrected chi connectivity index (χ4v) is 2.32. The van der Waals surface area contributed by atoms with Crippen molar-refractivity contribution in [1.29, 1.82) is 0 Å². The molecule has 2 heteroatoms. The summed E-state index contributed by atoms with van der Waals surface area (Å²) >= 11 is 0. The topological polar surface area (TPSA) is 30.2 Å². The fraction of sp³-hybridized carbons (Fsp3) is 0.316. The number of benzene rings is 1. The summed E-state index contributed by atoms with van der Waals surface area (Å²) in [6.07, 6.45) is 1.84. The molecular formula is C19H22O2. The first kappa shape index (κ1) is 15.3. The predicted molar refractivity (Wildman–Crippen MR) is 88.5 cm³/mol. The van der Waals surface area contributed by atoms with E-state index in [-0.39, 0.29) is 5.43 Å². The molecule has 0 fully saturated rings. The maximum Gasteiger partial charge on any atom is 0.195 e. The van der Waals surface area contributed by atoms with Crippen molar-refractivity contribution in [3.8, 4) is 11.3 Å². The molecular weight excluding hydrogens is 260 g/mol. The van der Waals surface area contributed by atoms with Gasteiger partial charge in [-0.2, -0.15) is 0 Å². The molecule has 0 N–H and O–H groups in total. The maximum atomic E-state index is 12.6. The Hall–Kier alpha value is -2.09. The second kappa shape index (κ2) is 6.13. The van der Waals surface area contributed by atoms with Crippen molar-refractivity contribution >= 4 is 11.6 Å². The molecule has 0 unspecified atom stereocenters. The largest absolute Gasteiger partial charge is 0.456 e. The molecule has 0 radical (unpaired) electrons. The first-order chi connectivity index (χ1) is 9.97. The highest BCUT2D eigenvalue weighted by Crippen LogP contribution is 2.19. The van der Waals surface area contributed by atoms with Crippen LogP contribution in [-0.2, 0) is 0 Å². The highest BCUT2D eigenvalue weighted by Gasteiger charge is 2.12. The predicted octanol–water partition coefficient (Wildman–Crippen LogP) is 3.24. The average Bonchev–Trinajstić information content (AvgIpc) is 2.49. The van der Waals surface area contributed by atoms with Gasteiger partial charge in [0.25, 0.3) is 0 Å². The highest BCUT2D eigenvalue weighted by atomic mass is 16.3. The van der Waals surface area contributed by atoms with E-state index in [1.54, 1.807) is 0 Å². The van der Waals surface area contributed by atoms with Crippen molar-refractivity contribution in [3.63, 3.8) is 0 Å². The van der Waals surface area contributed by atoms with E-state index in [2.05, 4.69) is 13.8 Å². The summed E-state index contributed by atoms with van der Waals surface area (Å²) in [5.41, 5.74) is 3.46. The molecule has 0 amide bonds. The molecule has 0 aliphatic rings. The van der Waals surface area contributed by atoms with Crippen molar-refractivity contribution < 1.29 is 4.42 Å². The average molecular weight is 282 g/mol. The zero-order chi connectivity index (χ0) is 15.6. The third-order valence-electron chi connectivity index (χ3n) is 3.92. The Morgan fingerprint density at radius 2 is 1.81 bits per heavy atom. The standard InChI is InChI=1S/C19H22O2/c1-6-16-17(20)14(5)18(15-10-8-7-9-11-15)21-19(16)13(4)12(2)3/h6-12H,1-5H3/b16-6-,19-13-. The summed E-state index contributed by atoms with van der Waals surface area (Å²) in [5.74, 6) is 0.999. The van der Waals surface area contributed by atoms with Crippen LogP contribution in [0, 0.1) is 12.8 Å². The molecule has 0 aliphatic carbocycles.